The van der Waals surface area contributed by atoms with Crippen molar-refractivity contribution < 1.29 is 13.6 Å². The van der Waals surface area contributed by atoms with Gasteiger partial charge in [0.2, 0.25) is 5.91 Å². The van der Waals surface area contributed by atoms with Crippen LogP contribution in [0.4, 0.5) is 14.5 Å². The number of dihydropyridines is 1. The van der Waals surface area contributed by atoms with Crippen LogP contribution in [0.5, 0.6) is 0 Å². The first-order valence-electron chi connectivity index (χ1n) is 7.68. The van der Waals surface area contributed by atoms with Crippen molar-refractivity contribution in [1.82, 2.24) is 4.90 Å². The van der Waals surface area contributed by atoms with Crippen LogP contribution in [0, 0.1) is 11.6 Å². The monoisotopic (exact) mass is 329 g/mol. The molecular weight excluding hydrogens is 312 g/mol. The molecule has 6 heteroatoms. The molecule has 1 amide bonds. The van der Waals surface area contributed by atoms with E-state index in [0.29, 0.717) is 13.1 Å². The summed E-state index contributed by atoms with van der Waals surface area (Å²) in [5, 5.41) is 2.45. The molecule has 4 nitrogen and oxygen atoms in total. The van der Waals surface area contributed by atoms with E-state index in [1.54, 1.807) is 4.90 Å². The Hall–Kier alpha value is -2.76. The van der Waals surface area contributed by atoms with Crippen LogP contribution >= 0.6 is 0 Å². The van der Waals surface area contributed by atoms with Gasteiger partial charge in [-0.2, -0.15) is 0 Å². The number of carbonyl (C=O) groups is 1. The molecule has 0 aliphatic carbocycles. The lowest BCUT2D eigenvalue weighted by Gasteiger charge is -2.23. The highest BCUT2D eigenvalue weighted by Gasteiger charge is 2.14. The molecule has 0 fully saturated rings. The van der Waals surface area contributed by atoms with Crippen molar-refractivity contribution in [3.63, 3.8) is 0 Å². The molecule has 2 heterocycles. The fraction of sp³-hybridized carbons (Fsp3) is 0.222. The minimum absolute atomic E-state index is 0.0260. The highest BCUT2D eigenvalue weighted by Crippen LogP contribution is 2.16. The number of rotatable bonds is 4. The van der Waals surface area contributed by atoms with Gasteiger partial charge in [0.15, 0.2) is 0 Å². The van der Waals surface area contributed by atoms with Crippen molar-refractivity contribution >= 4 is 17.3 Å². The molecule has 2 aliphatic heterocycles. The molecule has 3 rings (SSSR count). The van der Waals surface area contributed by atoms with Crippen molar-refractivity contribution in [3.05, 3.63) is 65.9 Å². The molecule has 1 aromatic rings. The minimum Gasteiger partial charge on any atom is -0.364 e. The number of anilines is 1. The molecule has 0 saturated carbocycles. The number of hydrogen-bond donors (Lipinski definition) is 1. The molecule has 1 aromatic carbocycles. The lowest BCUT2D eigenvalue weighted by molar-refractivity contribution is -0.116. The second kappa shape index (κ2) is 7.21. The molecule has 0 spiro atoms. The van der Waals surface area contributed by atoms with E-state index in [1.807, 2.05) is 24.4 Å². The first kappa shape index (κ1) is 16.1. The molecule has 0 bridgehead atoms. The quantitative estimate of drug-likeness (QED) is 0.863. The molecule has 24 heavy (non-hydrogen) atoms. The van der Waals surface area contributed by atoms with Crippen molar-refractivity contribution in [2.75, 3.05) is 25.0 Å². The predicted octanol–water partition coefficient (Wildman–Crippen LogP) is 3.06. The Morgan fingerprint density at radius 3 is 2.83 bits per heavy atom. The highest BCUT2D eigenvalue weighted by molar-refractivity contribution is 6.04. The largest absolute Gasteiger partial charge is 0.364 e. The van der Waals surface area contributed by atoms with Gasteiger partial charge in [-0.15, -0.1) is 0 Å². The summed E-state index contributed by atoms with van der Waals surface area (Å²) in [6.45, 7) is 1.37. The van der Waals surface area contributed by atoms with Gasteiger partial charge in [-0.25, -0.2) is 8.78 Å². The molecule has 0 radical (unpaired) electrons. The highest BCUT2D eigenvalue weighted by atomic mass is 19.1. The van der Waals surface area contributed by atoms with Gasteiger partial charge in [-0.1, -0.05) is 18.2 Å². The van der Waals surface area contributed by atoms with Gasteiger partial charge < -0.3 is 10.2 Å². The normalized spacial score (nSPS) is 16.7. The van der Waals surface area contributed by atoms with Gasteiger partial charge in [0, 0.05) is 30.9 Å². The third-order valence-corrected chi connectivity index (χ3v) is 3.76. The number of nitrogens with zero attached hydrogens (tertiary/aromatic N) is 2. The van der Waals surface area contributed by atoms with Gasteiger partial charge in [0.05, 0.1) is 18.8 Å². The Labute approximate surface area is 138 Å². The number of aliphatic imine (C=N–C) groups is 1. The van der Waals surface area contributed by atoms with Crippen molar-refractivity contribution in [3.8, 4) is 0 Å². The Morgan fingerprint density at radius 1 is 1.29 bits per heavy atom. The average molecular weight is 329 g/mol. The summed E-state index contributed by atoms with van der Waals surface area (Å²) in [7, 11) is 0. The van der Waals surface area contributed by atoms with Crippen LogP contribution in [0.15, 0.2) is 59.3 Å². The third-order valence-electron chi connectivity index (χ3n) is 3.76. The zero-order chi connectivity index (χ0) is 16.9. The maximum Gasteiger partial charge on any atom is 0.243 e. The Kier molecular flexibility index (Phi) is 4.84. The number of allylic oxidation sites excluding steroid dienone is 3. The van der Waals surface area contributed by atoms with Gasteiger partial charge >= 0.3 is 0 Å². The topological polar surface area (TPSA) is 44.7 Å². The second-order valence-electron chi connectivity index (χ2n) is 5.54. The maximum atomic E-state index is 13.5. The lowest BCUT2D eigenvalue weighted by atomic mass is 10.0. The molecule has 124 valence electrons. The fourth-order valence-electron chi connectivity index (χ4n) is 2.53. The van der Waals surface area contributed by atoms with E-state index in [-0.39, 0.29) is 18.1 Å². The Bertz CT molecular complexity index is 766. The lowest BCUT2D eigenvalue weighted by Crippen LogP contribution is -2.31. The smallest absolute Gasteiger partial charge is 0.243 e. The third kappa shape index (κ3) is 3.95. The summed E-state index contributed by atoms with van der Waals surface area (Å²) in [6, 6.07) is 3.06. The first-order valence-corrected chi connectivity index (χ1v) is 7.68. The summed E-state index contributed by atoms with van der Waals surface area (Å²) >= 11 is 0. The maximum absolute atomic E-state index is 13.5. The van der Waals surface area contributed by atoms with Crippen LogP contribution in [0.25, 0.3) is 0 Å². The number of benzene rings is 1. The second-order valence-corrected chi connectivity index (χ2v) is 5.54. The van der Waals surface area contributed by atoms with E-state index < -0.39 is 11.6 Å². The summed E-state index contributed by atoms with van der Waals surface area (Å²) < 4.78 is 26.4. The van der Waals surface area contributed by atoms with Crippen molar-refractivity contribution in [2.45, 2.75) is 6.42 Å². The van der Waals surface area contributed by atoms with E-state index in [1.165, 1.54) is 6.07 Å². The zero-order valence-corrected chi connectivity index (χ0v) is 13.0. The Morgan fingerprint density at radius 2 is 2.17 bits per heavy atom. The molecule has 2 aliphatic rings. The number of carbonyl (C=O) groups excluding carboxylic acids is 1. The average Bonchev–Trinajstić information content (AvgIpc) is 2.59. The minimum atomic E-state index is -0.789. The van der Waals surface area contributed by atoms with Crippen LogP contribution in [0.3, 0.4) is 0 Å². The molecular formula is C18H17F2N3O. The molecule has 1 N–H and O–H groups in total. The number of amides is 1. The van der Waals surface area contributed by atoms with E-state index in [0.717, 1.165) is 29.8 Å². The van der Waals surface area contributed by atoms with Crippen molar-refractivity contribution in [2.24, 2.45) is 4.99 Å². The van der Waals surface area contributed by atoms with Crippen LogP contribution in [0.2, 0.25) is 0 Å². The van der Waals surface area contributed by atoms with Gasteiger partial charge in [-0.05, 0) is 23.8 Å². The van der Waals surface area contributed by atoms with E-state index >= 15 is 0 Å². The zero-order valence-electron chi connectivity index (χ0n) is 13.0. The standard InChI is InChI=1S/C18H17F2N3O/c19-14-4-5-17(15(20)11-14)22-18(24)12-23-9-6-13(7-10-23)16-3-1-2-8-21-16/h1-2,4-7,9,11H,3,8,10,12H2,(H,22,24). The van der Waals surface area contributed by atoms with Gasteiger partial charge in [-0.3, -0.25) is 9.79 Å². The number of halogens is 2. The number of hydrogen-bond acceptors (Lipinski definition) is 3. The summed E-state index contributed by atoms with van der Waals surface area (Å²) in [6.07, 6.45) is 10.7. The van der Waals surface area contributed by atoms with Gasteiger partial charge in [0.1, 0.15) is 11.6 Å². The van der Waals surface area contributed by atoms with Crippen LogP contribution < -0.4 is 5.32 Å². The van der Waals surface area contributed by atoms with Crippen molar-refractivity contribution in [1.29, 1.82) is 0 Å². The summed E-state index contributed by atoms with van der Waals surface area (Å²) in [5.74, 6) is -1.83. The number of nitrogens with one attached hydrogen (secondary N) is 1. The summed E-state index contributed by atoms with van der Waals surface area (Å²) in [4.78, 5) is 18.3. The first-order chi connectivity index (χ1) is 11.6. The van der Waals surface area contributed by atoms with Gasteiger partial charge in [0.25, 0.3) is 0 Å². The van der Waals surface area contributed by atoms with E-state index in [9.17, 15) is 13.6 Å². The SMILES string of the molecule is O=C(CN1C=CC(C2=NCC=CC2)=CC1)Nc1ccc(F)cc1F. The van der Waals surface area contributed by atoms with Crippen LogP contribution in [-0.4, -0.2) is 36.2 Å². The van der Waals surface area contributed by atoms with E-state index in [2.05, 4.69) is 16.4 Å². The van der Waals surface area contributed by atoms with Crippen LogP contribution in [-0.2, 0) is 4.79 Å². The molecule has 0 aromatic heterocycles. The Balaban J connectivity index is 1.54. The predicted molar refractivity (Wildman–Crippen MR) is 89.8 cm³/mol. The summed E-state index contributed by atoms with van der Waals surface area (Å²) in [5.41, 5.74) is 2.09. The van der Waals surface area contributed by atoms with E-state index in [4.69, 9.17) is 0 Å². The molecule has 0 saturated heterocycles. The van der Waals surface area contributed by atoms with Crippen LogP contribution in [0.1, 0.15) is 6.42 Å². The fourth-order valence-corrected chi connectivity index (χ4v) is 2.53. The molecule has 0 unspecified atom stereocenters. The molecule has 0 atom stereocenters.